The van der Waals surface area contributed by atoms with Gasteiger partial charge in [-0.05, 0) is 75.3 Å². The summed E-state index contributed by atoms with van der Waals surface area (Å²) >= 11 is 0. The molecule has 3 aromatic rings. The predicted molar refractivity (Wildman–Crippen MR) is 96.0 cm³/mol. The smallest absolute Gasteiger partial charge is 0.0485 e. The lowest BCUT2D eigenvalue weighted by Crippen LogP contribution is -2.10. The second-order valence-electron chi connectivity index (χ2n) is 6.86. The molecule has 0 aliphatic heterocycles. The van der Waals surface area contributed by atoms with Crippen molar-refractivity contribution in [1.29, 1.82) is 0 Å². The van der Waals surface area contributed by atoms with Crippen LogP contribution in [0.3, 0.4) is 0 Å². The Balaban J connectivity index is 1.72. The van der Waals surface area contributed by atoms with E-state index in [1.165, 1.54) is 47.7 Å². The maximum atomic E-state index is 4.43. The van der Waals surface area contributed by atoms with Crippen molar-refractivity contribution in [3.63, 3.8) is 0 Å². The lowest BCUT2D eigenvalue weighted by molar-refractivity contribution is 0.612. The van der Waals surface area contributed by atoms with E-state index in [4.69, 9.17) is 0 Å². The molecule has 0 unspecified atom stereocenters. The summed E-state index contributed by atoms with van der Waals surface area (Å²) in [6, 6.07) is 11.3. The summed E-state index contributed by atoms with van der Waals surface area (Å²) in [7, 11) is 0. The summed E-state index contributed by atoms with van der Waals surface area (Å²) in [5.41, 5.74) is 8.39. The number of hydrogen-bond acceptors (Lipinski definition) is 1. The fourth-order valence-electron chi connectivity index (χ4n) is 3.89. The molecule has 0 radical (unpaired) electrons. The Morgan fingerprint density at radius 3 is 2.74 bits per heavy atom. The van der Waals surface area contributed by atoms with Crippen LogP contribution in [0.2, 0.25) is 0 Å². The summed E-state index contributed by atoms with van der Waals surface area (Å²) in [5, 5.41) is 1.49. The maximum absolute atomic E-state index is 4.43. The first-order valence-corrected chi connectivity index (χ1v) is 8.74. The number of aryl methyl sites for hydroxylation is 5. The second kappa shape index (κ2) is 5.84. The Morgan fingerprint density at radius 1 is 1.04 bits per heavy atom. The van der Waals surface area contributed by atoms with Crippen LogP contribution in [0.4, 0.5) is 0 Å². The zero-order valence-corrected chi connectivity index (χ0v) is 14.1. The molecule has 23 heavy (non-hydrogen) atoms. The highest BCUT2D eigenvalue weighted by atomic mass is 15.0. The van der Waals surface area contributed by atoms with Crippen molar-refractivity contribution in [2.45, 2.75) is 52.5 Å². The van der Waals surface area contributed by atoms with Crippen LogP contribution in [0.5, 0.6) is 0 Å². The summed E-state index contributed by atoms with van der Waals surface area (Å²) in [6.07, 6.45) is 8.22. The van der Waals surface area contributed by atoms with Crippen LogP contribution in [-0.2, 0) is 25.8 Å². The Kier molecular flexibility index (Phi) is 3.68. The SMILES string of the molecule is Cc1ccc2c(c1)c1c(n2CCc2ccc(C)nc2)CCCC1. The molecule has 0 N–H and O–H groups in total. The van der Waals surface area contributed by atoms with Crippen molar-refractivity contribution in [3.05, 3.63) is 64.6 Å². The molecule has 0 fully saturated rings. The first-order chi connectivity index (χ1) is 11.2. The summed E-state index contributed by atoms with van der Waals surface area (Å²) in [5.74, 6) is 0. The molecule has 0 bridgehead atoms. The molecule has 0 saturated heterocycles. The third kappa shape index (κ3) is 2.67. The van der Waals surface area contributed by atoms with Gasteiger partial charge in [-0.15, -0.1) is 0 Å². The number of nitrogens with zero attached hydrogens (tertiary/aromatic N) is 2. The normalized spacial score (nSPS) is 14.2. The molecular formula is C21H24N2. The van der Waals surface area contributed by atoms with Crippen LogP contribution >= 0.6 is 0 Å². The van der Waals surface area contributed by atoms with Crippen molar-refractivity contribution in [3.8, 4) is 0 Å². The van der Waals surface area contributed by atoms with Gasteiger partial charge in [0.25, 0.3) is 0 Å². The van der Waals surface area contributed by atoms with Gasteiger partial charge in [0.2, 0.25) is 0 Å². The lowest BCUT2D eigenvalue weighted by Gasteiger charge is -2.16. The summed E-state index contributed by atoms with van der Waals surface area (Å²) < 4.78 is 2.57. The highest BCUT2D eigenvalue weighted by molar-refractivity contribution is 5.86. The molecule has 1 aliphatic rings. The molecule has 4 rings (SSSR count). The van der Waals surface area contributed by atoms with E-state index in [0.29, 0.717) is 0 Å². The molecule has 1 aromatic carbocycles. The minimum Gasteiger partial charge on any atom is -0.344 e. The Hall–Kier alpha value is -2.09. The first kappa shape index (κ1) is 14.5. The third-order valence-corrected chi connectivity index (χ3v) is 5.13. The van der Waals surface area contributed by atoms with Gasteiger partial charge < -0.3 is 4.57 Å². The van der Waals surface area contributed by atoms with Gasteiger partial charge in [0.15, 0.2) is 0 Å². The van der Waals surface area contributed by atoms with Gasteiger partial charge in [0.1, 0.15) is 0 Å². The van der Waals surface area contributed by atoms with E-state index in [2.05, 4.69) is 46.8 Å². The van der Waals surface area contributed by atoms with Gasteiger partial charge in [-0.2, -0.15) is 0 Å². The second-order valence-corrected chi connectivity index (χ2v) is 6.86. The van der Waals surface area contributed by atoms with Crippen molar-refractivity contribution in [2.24, 2.45) is 0 Å². The highest BCUT2D eigenvalue weighted by Crippen LogP contribution is 2.33. The predicted octanol–water partition coefficient (Wildman–Crippen LogP) is 4.77. The molecule has 118 valence electrons. The van der Waals surface area contributed by atoms with Crippen LogP contribution in [0, 0.1) is 13.8 Å². The molecule has 1 aliphatic carbocycles. The Labute approximate surface area is 138 Å². The molecule has 0 atom stereocenters. The van der Waals surface area contributed by atoms with Crippen LogP contribution in [0.1, 0.15) is 40.9 Å². The van der Waals surface area contributed by atoms with Crippen molar-refractivity contribution >= 4 is 10.9 Å². The van der Waals surface area contributed by atoms with E-state index < -0.39 is 0 Å². The lowest BCUT2D eigenvalue weighted by atomic mass is 9.95. The van der Waals surface area contributed by atoms with Gasteiger partial charge in [0.05, 0.1) is 0 Å². The van der Waals surface area contributed by atoms with E-state index in [-0.39, 0.29) is 0 Å². The van der Waals surface area contributed by atoms with Crippen LogP contribution in [0.15, 0.2) is 36.5 Å². The first-order valence-electron chi connectivity index (χ1n) is 8.74. The summed E-state index contributed by atoms with van der Waals surface area (Å²) in [6.45, 7) is 5.30. The number of hydrogen-bond donors (Lipinski definition) is 0. The van der Waals surface area contributed by atoms with Crippen molar-refractivity contribution in [2.75, 3.05) is 0 Å². The maximum Gasteiger partial charge on any atom is 0.0485 e. The van der Waals surface area contributed by atoms with Gasteiger partial charge in [0, 0.05) is 35.0 Å². The topological polar surface area (TPSA) is 17.8 Å². The van der Waals surface area contributed by atoms with Gasteiger partial charge in [-0.25, -0.2) is 0 Å². The standard InChI is InChI=1S/C21H24N2/c1-15-7-10-21-19(13-15)18-5-3-4-6-20(18)23(21)12-11-17-9-8-16(2)22-14-17/h7-10,13-14H,3-6,11-12H2,1-2H3. The Bertz CT molecular complexity index is 840. The fraction of sp³-hybridized carbons (Fsp3) is 0.381. The van der Waals surface area contributed by atoms with Crippen molar-refractivity contribution < 1.29 is 0 Å². The minimum atomic E-state index is 1.05. The molecule has 0 spiro atoms. The van der Waals surface area contributed by atoms with E-state index in [9.17, 15) is 0 Å². The molecule has 2 aromatic heterocycles. The minimum absolute atomic E-state index is 1.05. The molecular weight excluding hydrogens is 280 g/mol. The van der Waals surface area contributed by atoms with Gasteiger partial charge in [-0.1, -0.05) is 17.7 Å². The van der Waals surface area contributed by atoms with Gasteiger partial charge in [-0.3, -0.25) is 4.98 Å². The summed E-state index contributed by atoms with van der Waals surface area (Å²) in [4.78, 5) is 4.43. The highest BCUT2D eigenvalue weighted by Gasteiger charge is 2.19. The monoisotopic (exact) mass is 304 g/mol. The number of rotatable bonds is 3. The van der Waals surface area contributed by atoms with E-state index in [1.54, 1.807) is 11.3 Å². The van der Waals surface area contributed by atoms with Gasteiger partial charge >= 0.3 is 0 Å². The molecule has 2 heteroatoms. The average Bonchev–Trinajstić information content (AvgIpc) is 2.88. The zero-order valence-electron chi connectivity index (χ0n) is 14.1. The number of aromatic nitrogens is 2. The van der Waals surface area contributed by atoms with Crippen LogP contribution < -0.4 is 0 Å². The number of benzene rings is 1. The molecule has 0 amide bonds. The quantitative estimate of drug-likeness (QED) is 0.681. The van der Waals surface area contributed by atoms with E-state index in [1.807, 2.05) is 13.1 Å². The van der Waals surface area contributed by atoms with E-state index >= 15 is 0 Å². The number of pyridine rings is 1. The molecule has 0 saturated carbocycles. The van der Waals surface area contributed by atoms with Crippen LogP contribution in [0.25, 0.3) is 10.9 Å². The average molecular weight is 304 g/mol. The van der Waals surface area contributed by atoms with E-state index in [0.717, 1.165) is 18.7 Å². The van der Waals surface area contributed by atoms with Crippen LogP contribution in [-0.4, -0.2) is 9.55 Å². The molecule has 2 heterocycles. The fourth-order valence-corrected chi connectivity index (χ4v) is 3.89. The largest absolute Gasteiger partial charge is 0.344 e. The zero-order chi connectivity index (χ0) is 15.8. The Morgan fingerprint density at radius 2 is 1.91 bits per heavy atom. The third-order valence-electron chi connectivity index (χ3n) is 5.13. The number of fused-ring (bicyclic) bond motifs is 3. The molecule has 2 nitrogen and oxygen atoms in total. The van der Waals surface area contributed by atoms with Crippen molar-refractivity contribution in [1.82, 2.24) is 9.55 Å².